The van der Waals surface area contributed by atoms with Gasteiger partial charge in [0.15, 0.2) is 5.78 Å². The monoisotopic (exact) mass is 364 g/mol. The van der Waals surface area contributed by atoms with Crippen molar-refractivity contribution in [2.24, 2.45) is 5.92 Å². The average molecular weight is 364 g/mol. The second-order valence-electron chi connectivity index (χ2n) is 6.75. The zero-order valence-electron chi connectivity index (χ0n) is 15.9. The Balaban J connectivity index is 1.99. The van der Waals surface area contributed by atoms with Crippen molar-refractivity contribution < 1.29 is 19.1 Å². The van der Waals surface area contributed by atoms with Gasteiger partial charge in [-0.05, 0) is 55.2 Å². The van der Waals surface area contributed by atoms with Gasteiger partial charge in [-0.25, -0.2) is 0 Å². The molecule has 0 unspecified atom stereocenters. The predicted octanol–water partition coefficient (Wildman–Crippen LogP) is 4.32. The highest BCUT2D eigenvalue weighted by molar-refractivity contribution is 6.10. The highest BCUT2D eigenvalue weighted by Gasteiger charge is 2.39. The number of allylic oxidation sites excluding steroid dienone is 2. The predicted molar refractivity (Wildman–Crippen MR) is 105 cm³/mol. The van der Waals surface area contributed by atoms with E-state index in [1.807, 2.05) is 55.5 Å². The van der Waals surface area contributed by atoms with Crippen molar-refractivity contribution in [1.29, 1.82) is 0 Å². The van der Waals surface area contributed by atoms with Gasteiger partial charge in [0, 0.05) is 5.92 Å². The molecule has 1 aliphatic rings. The van der Waals surface area contributed by atoms with E-state index >= 15 is 0 Å². The minimum atomic E-state index is -0.797. The molecule has 0 fully saturated rings. The lowest BCUT2D eigenvalue weighted by atomic mass is 9.73. The van der Waals surface area contributed by atoms with Gasteiger partial charge in [0.05, 0.1) is 13.7 Å². The van der Waals surface area contributed by atoms with Gasteiger partial charge in [0.25, 0.3) is 0 Å². The van der Waals surface area contributed by atoms with Gasteiger partial charge in [-0.15, -0.1) is 0 Å². The van der Waals surface area contributed by atoms with E-state index in [4.69, 9.17) is 9.47 Å². The third-order valence-corrected chi connectivity index (χ3v) is 4.97. The Morgan fingerprint density at radius 2 is 1.74 bits per heavy atom. The summed E-state index contributed by atoms with van der Waals surface area (Å²) in [5.74, 6) is -0.913. The number of rotatable bonds is 5. The van der Waals surface area contributed by atoms with Crippen molar-refractivity contribution in [1.82, 2.24) is 0 Å². The fourth-order valence-electron chi connectivity index (χ4n) is 3.52. The first-order valence-electron chi connectivity index (χ1n) is 9.15. The summed E-state index contributed by atoms with van der Waals surface area (Å²) >= 11 is 0. The van der Waals surface area contributed by atoms with Gasteiger partial charge in [-0.1, -0.05) is 42.0 Å². The number of ketones is 1. The number of carbonyl (C=O) groups excluding carboxylic acids is 2. The second-order valence-corrected chi connectivity index (χ2v) is 6.75. The number of benzene rings is 2. The first-order chi connectivity index (χ1) is 13.0. The van der Waals surface area contributed by atoms with Gasteiger partial charge in [-0.3, -0.25) is 9.59 Å². The molecule has 0 heterocycles. The third-order valence-electron chi connectivity index (χ3n) is 4.97. The Labute approximate surface area is 159 Å². The number of esters is 1. The van der Waals surface area contributed by atoms with Crippen molar-refractivity contribution >= 4 is 17.3 Å². The summed E-state index contributed by atoms with van der Waals surface area (Å²) < 4.78 is 10.4. The molecule has 0 radical (unpaired) electrons. The fraction of sp³-hybridized carbons (Fsp3) is 0.304. The Morgan fingerprint density at radius 1 is 1.07 bits per heavy atom. The standard InChI is InChI=1S/C23H24O4/c1-4-27-23(25)22-20(17-7-5-15(2)6-8-17)13-18(14-21(22)24)16-9-11-19(26-3)12-10-16/h5-12,14,20,22H,4,13H2,1-3H3/t20-,22-/m0/s1. The number of aryl methyl sites for hydroxylation is 1. The quantitative estimate of drug-likeness (QED) is 0.586. The molecule has 27 heavy (non-hydrogen) atoms. The van der Waals surface area contributed by atoms with E-state index in [-0.39, 0.29) is 18.3 Å². The fourth-order valence-corrected chi connectivity index (χ4v) is 3.52. The smallest absolute Gasteiger partial charge is 0.317 e. The highest BCUT2D eigenvalue weighted by atomic mass is 16.5. The molecule has 2 atom stereocenters. The second kappa shape index (κ2) is 8.21. The first-order valence-corrected chi connectivity index (χ1v) is 9.15. The molecular formula is C23H24O4. The summed E-state index contributed by atoms with van der Waals surface area (Å²) in [4.78, 5) is 25.4. The van der Waals surface area contributed by atoms with Crippen molar-refractivity contribution in [2.45, 2.75) is 26.2 Å². The van der Waals surface area contributed by atoms with Crippen LogP contribution in [0.4, 0.5) is 0 Å². The number of carbonyl (C=O) groups is 2. The molecular weight excluding hydrogens is 340 g/mol. The molecule has 0 spiro atoms. The van der Waals surface area contributed by atoms with E-state index in [0.29, 0.717) is 6.42 Å². The lowest BCUT2D eigenvalue weighted by molar-refractivity contribution is -0.151. The third kappa shape index (κ3) is 4.11. The maximum atomic E-state index is 12.9. The van der Waals surface area contributed by atoms with Crippen LogP contribution in [0.3, 0.4) is 0 Å². The molecule has 0 N–H and O–H groups in total. The molecule has 0 saturated carbocycles. The van der Waals surface area contributed by atoms with Crippen LogP contribution in [0.25, 0.3) is 5.57 Å². The summed E-state index contributed by atoms with van der Waals surface area (Å²) in [6.45, 7) is 4.03. The highest BCUT2D eigenvalue weighted by Crippen LogP contribution is 2.40. The van der Waals surface area contributed by atoms with Crippen LogP contribution in [-0.4, -0.2) is 25.5 Å². The van der Waals surface area contributed by atoms with Crippen LogP contribution in [0.2, 0.25) is 0 Å². The lowest BCUT2D eigenvalue weighted by Gasteiger charge is -2.29. The molecule has 0 saturated heterocycles. The number of hydrogen-bond acceptors (Lipinski definition) is 4. The van der Waals surface area contributed by atoms with Crippen molar-refractivity contribution in [3.63, 3.8) is 0 Å². The van der Waals surface area contributed by atoms with Crippen LogP contribution in [-0.2, 0) is 14.3 Å². The summed E-state index contributed by atoms with van der Waals surface area (Å²) in [7, 11) is 1.62. The van der Waals surface area contributed by atoms with Crippen LogP contribution in [0.15, 0.2) is 54.6 Å². The number of methoxy groups -OCH3 is 1. The molecule has 2 aromatic rings. The van der Waals surface area contributed by atoms with E-state index in [9.17, 15) is 9.59 Å². The van der Waals surface area contributed by atoms with Gasteiger partial charge in [0.2, 0.25) is 0 Å². The average Bonchev–Trinajstić information content (AvgIpc) is 2.68. The molecule has 140 valence electrons. The molecule has 4 heteroatoms. The van der Waals surface area contributed by atoms with Crippen LogP contribution in [0, 0.1) is 12.8 Å². The topological polar surface area (TPSA) is 52.6 Å². The Morgan fingerprint density at radius 3 is 2.33 bits per heavy atom. The van der Waals surface area contributed by atoms with Crippen LogP contribution in [0.1, 0.15) is 36.0 Å². The maximum Gasteiger partial charge on any atom is 0.317 e. The van der Waals surface area contributed by atoms with E-state index in [2.05, 4.69) is 0 Å². The van der Waals surface area contributed by atoms with Crippen molar-refractivity contribution in [2.75, 3.05) is 13.7 Å². The summed E-state index contributed by atoms with van der Waals surface area (Å²) in [5.41, 5.74) is 4.00. The van der Waals surface area contributed by atoms with Crippen molar-refractivity contribution in [3.05, 3.63) is 71.3 Å². The zero-order valence-corrected chi connectivity index (χ0v) is 15.9. The van der Waals surface area contributed by atoms with Gasteiger partial charge >= 0.3 is 5.97 Å². The van der Waals surface area contributed by atoms with Crippen LogP contribution < -0.4 is 4.74 Å². The SMILES string of the molecule is CCOC(=O)[C@@H]1C(=O)C=C(c2ccc(OC)cc2)C[C@H]1c1ccc(C)cc1. The summed E-state index contributed by atoms with van der Waals surface area (Å²) in [6.07, 6.45) is 2.19. The van der Waals surface area contributed by atoms with Gasteiger partial charge in [0.1, 0.15) is 11.7 Å². The molecule has 0 bridgehead atoms. The van der Waals surface area contributed by atoms with E-state index in [1.54, 1.807) is 20.1 Å². The Hall–Kier alpha value is -2.88. The summed E-state index contributed by atoms with van der Waals surface area (Å²) in [6, 6.07) is 15.6. The Kier molecular flexibility index (Phi) is 5.75. The van der Waals surface area contributed by atoms with E-state index < -0.39 is 11.9 Å². The normalized spacial score (nSPS) is 19.4. The Bertz CT molecular complexity index is 847. The summed E-state index contributed by atoms with van der Waals surface area (Å²) in [5, 5.41) is 0. The first kappa shape index (κ1) is 18.9. The van der Waals surface area contributed by atoms with Gasteiger partial charge in [-0.2, -0.15) is 0 Å². The minimum Gasteiger partial charge on any atom is -0.497 e. The van der Waals surface area contributed by atoms with Crippen LogP contribution in [0.5, 0.6) is 5.75 Å². The maximum absolute atomic E-state index is 12.9. The molecule has 0 aliphatic heterocycles. The van der Waals surface area contributed by atoms with Crippen LogP contribution >= 0.6 is 0 Å². The minimum absolute atomic E-state index is 0.198. The largest absolute Gasteiger partial charge is 0.497 e. The van der Waals surface area contributed by atoms with E-state index in [1.165, 1.54) is 0 Å². The number of ether oxygens (including phenoxy) is 2. The zero-order chi connectivity index (χ0) is 19.4. The molecule has 4 nitrogen and oxygen atoms in total. The van der Waals surface area contributed by atoms with Gasteiger partial charge < -0.3 is 9.47 Å². The van der Waals surface area contributed by atoms with E-state index in [0.717, 1.165) is 28.0 Å². The molecule has 2 aromatic carbocycles. The lowest BCUT2D eigenvalue weighted by Crippen LogP contribution is -2.34. The number of hydrogen-bond donors (Lipinski definition) is 0. The molecule has 0 aromatic heterocycles. The molecule has 1 aliphatic carbocycles. The molecule has 0 amide bonds. The molecule has 3 rings (SSSR count). The van der Waals surface area contributed by atoms with Crippen molar-refractivity contribution in [3.8, 4) is 5.75 Å².